The molecule has 0 bridgehead atoms. The zero-order valence-electron chi connectivity index (χ0n) is 10.6. The first-order chi connectivity index (χ1) is 9.17. The molecule has 1 heterocycles. The third-order valence-corrected chi connectivity index (χ3v) is 2.65. The summed E-state index contributed by atoms with van der Waals surface area (Å²) < 4.78 is 6.38. The van der Waals surface area contributed by atoms with E-state index in [0.29, 0.717) is 16.3 Å². The lowest BCUT2D eigenvalue weighted by atomic mass is 10.2. The van der Waals surface area contributed by atoms with Gasteiger partial charge in [-0.3, -0.25) is 0 Å². The SMILES string of the molecule is COC(=O)c1cccn1-c1ccc([N+](=O)OC)cc1. The van der Waals surface area contributed by atoms with E-state index in [4.69, 9.17) is 4.74 Å². The molecule has 0 fully saturated rings. The largest absolute Gasteiger partial charge is 0.464 e. The summed E-state index contributed by atoms with van der Waals surface area (Å²) in [4.78, 5) is 27.8. The molecule has 0 aliphatic rings. The Balaban J connectivity index is 2.35. The first-order valence-corrected chi connectivity index (χ1v) is 5.55. The molecule has 0 spiro atoms. The standard InChI is InChI=1S/C13H13N2O4/c1-18-13(16)12-4-3-9-14(12)10-5-7-11(8-6-10)15(17)19-2/h3-9H,1-2H3/q+1. The van der Waals surface area contributed by atoms with Gasteiger partial charge < -0.3 is 9.30 Å². The minimum Gasteiger partial charge on any atom is -0.464 e. The van der Waals surface area contributed by atoms with Crippen LogP contribution in [0.2, 0.25) is 0 Å². The average molecular weight is 261 g/mol. The van der Waals surface area contributed by atoms with E-state index in [1.165, 1.54) is 14.2 Å². The molecular formula is C13H13N2O4+. The molecule has 6 nitrogen and oxygen atoms in total. The zero-order chi connectivity index (χ0) is 13.8. The fourth-order valence-electron chi connectivity index (χ4n) is 1.72. The molecule has 0 N–H and O–H groups in total. The maximum Gasteiger partial charge on any atom is 0.355 e. The molecule has 0 aliphatic heterocycles. The van der Waals surface area contributed by atoms with Crippen LogP contribution in [-0.2, 0) is 9.57 Å². The summed E-state index contributed by atoms with van der Waals surface area (Å²) in [5.41, 5.74) is 1.54. The van der Waals surface area contributed by atoms with Crippen LogP contribution in [0.5, 0.6) is 0 Å². The van der Waals surface area contributed by atoms with Crippen molar-refractivity contribution in [1.29, 1.82) is 0 Å². The van der Waals surface area contributed by atoms with Gasteiger partial charge in [-0.05, 0) is 24.3 Å². The Morgan fingerprint density at radius 3 is 2.42 bits per heavy atom. The number of hydrogen-bond acceptors (Lipinski definition) is 4. The molecule has 0 amide bonds. The number of carbonyl (C=O) groups excluding carboxylic acids is 1. The molecule has 1 aromatic carbocycles. The number of rotatable bonds is 4. The summed E-state index contributed by atoms with van der Waals surface area (Å²) >= 11 is 0. The molecule has 0 aliphatic carbocycles. The van der Waals surface area contributed by atoms with Gasteiger partial charge in [0.2, 0.25) is 0 Å². The van der Waals surface area contributed by atoms with E-state index in [1.54, 1.807) is 47.2 Å². The number of carbonyl (C=O) groups is 1. The Labute approximate surface area is 109 Å². The molecule has 6 heteroatoms. The summed E-state index contributed by atoms with van der Waals surface area (Å²) in [5.74, 6) is -0.420. The van der Waals surface area contributed by atoms with Gasteiger partial charge in [-0.15, -0.1) is 0 Å². The fourth-order valence-corrected chi connectivity index (χ4v) is 1.72. The van der Waals surface area contributed by atoms with Gasteiger partial charge >= 0.3 is 11.7 Å². The van der Waals surface area contributed by atoms with E-state index in [-0.39, 0.29) is 0 Å². The third kappa shape index (κ3) is 2.47. The second-order valence-electron chi connectivity index (χ2n) is 3.71. The molecule has 19 heavy (non-hydrogen) atoms. The van der Waals surface area contributed by atoms with Gasteiger partial charge in [-0.1, -0.05) is 0 Å². The van der Waals surface area contributed by atoms with Gasteiger partial charge in [0.15, 0.2) is 7.11 Å². The summed E-state index contributed by atoms with van der Waals surface area (Å²) in [7, 11) is 2.62. The lowest BCUT2D eigenvalue weighted by molar-refractivity contribution is -0.736. The van der Waals surface area contributed by atoms with Gasteiger partial charge in [-0.25, -0.2) is 9.63 Å². The number of aromatic nitrogens is 1. The Bertz CT molecular complexity index is 601. The van der Waals surface area contributed by atoms with Crippen LogP contribution in [0.1, 0.15) is 10.5 Å². The van der Waals surface area contributed by atoms with Gasteiger partial charge in [0.25, 0.3) is 4.92 Å². The molecule has 0 saturated heterocycles. The van der Waals surface area contributed by atoms with Gasteiger partial charge in [0.1, 0.15) is 5.69 Å². The van der Waals surface area contributed by atoms with Crippen LogP contribution in [0.15, 0.2) is 42.6 Å². The van der Waals surface area contributed by atoms with E-state index in [9.17, 15) is 9.70 Å². The summed E-state index contributed by atoms with van der Waals surface area (Å²) in [6.45, 7) is 0. The molecule has 2 aromatic rings. The van der Waals surface area contributed by atoms with Crippen molar-refractivity contribution >= 4 is 11.7 Å². The molecule has 2 rings (SSSR count). The van der Waals surface area contributed by atoms with E-state index < -0.39 is 5.97 Å². The highest BCUT2D eigenvalue weighted by Gasteiger charge is 2.15. The van der Waals surface area contributed by atoms with Crippen molar-refractivity contribution in [2.24, 2.45) is 0 Å². The average Bonchev–Trinajstić information content (AvgIpc) is 2.95. The third-order valence-electron chi connectivity index (χ3n) is 2.65. The Morgan fingerprint density at radius 2 is 1.84 bits per heavy atom. The van der Waals surface area contributed by atoms with E-state index >= 15 is 0 Å². The normalized spacial score (nSPS) is 10.0. The highest BCUT2D eigenvalue weighted by Crippen LogP contribution is 2.18. The van der Waals surface area contributed by atoms with Crippen molar-refractivity contribution < 1.29 is 19.3 Å². The zero-order valence-corrected chi connectivity index (χ0v) is 10.6. The minimum absolute atomic E-state index is 0.373. The maximum atomic E-state index is 11.6. The lowest BCUT2D eigenvalue weighted by Gasteiger charge is -2.06. The number of benzene rings is 1. The van der Waals surface area contributed by atoms with Crippen LogP contribution in [0, 0.1) is 4.91 Å². The number of methoxy groups -OCH3 is 1. The van der Waals surface area contributed by atoms with Crippen molar-refractivity contribution in [2.75, 3.05) is 14.2 Å². The van der Waals surface area contributed by atoms with Crippen molar-refractivity contribution in [2.45, 2.75) is 0 Å². The summed E-state index contributed by atoms with van der Waals surface area (Å²) in [6.07, 6.45) is 1.74. The Kier molecular flexibility index (Phi) is 3.61. The predicted molar refractivity (Wildman–Crippen MR) is 67.4 cm³/mol. The van der Waals surface area contributed by atoms with Crippen LogP contribution < -0.4 is 0 Å². The topological polar surface area (TPSA) is 60.5 Å². The minimum atomic E-state index is -0.420. The quantitative estimate of drug-likeness (QED) is 0.625. The first-order valence-electron chi connectivity index (χ1n) is 5.55. The predicted octanol–water partition coefficient (Wildman–Crippen LogP) is 2.24. The highest BCUT2D eigenvalue weighted by atomic mass is 16.8. The van der Waals surface area contributed by atoms with Crippen molar-refractivity contribution in [3.05, 3.63) is 53.2 Å². The second-order valence-corrected chi connectivity index (χ2v) is 3.71. The molecular weight excluding hydrogens is 248 g/mol. The number of hydrogen-bond donors (Lipinski definition) is 0. The maximum absolute atomic E-state index is 11.6. The number of ether oxygens (including phenoxy) is 1. The molecule has 0 atom stereocenters. The van der Waals surface area contributed by atoms with Crippen molar-refractivity contribution in [1.82, 2.24) is 4.57 Å². The monoisotopic (exact) mass is 261 g/mol. The molecule has 1 aromatic heterocycles. The smallest absolute Gasteiger partial charge is 0.355 e. The van der Waals surface area contributed by atoms with E-state index in [1.807, 2.05) is 0 Å². The van der Waals surface area contributed by atoms with E-state index in [0.717, 1.165) is 5.69 Å². The summed E-state index contributed by atoms with van der Waals surface area (Å²) in [6, 6.07) is 10.0. The number of nitrogens with zero attached hydrogens (tertiary/aromatic N) is 2. The second kappa shape index (κ2) is 5.34. The lowest BCUT2D eigenvalue weighted by Crippen LogP contribution is -2.08. The van der Waals surface area contributed by atoms with Gasteiger partial charge in [-0.2, -0.15) is 0 Å². The van der Waals surface area contributed by atoms with Crippen molar-refractivity contribution in [3.8, 4) is 5.69 Å². The Hall–Kier alpha value is -2.63. The number of esters is 1. The molecule has 0 unspecified atom stereocenters. The van der Waals surface area contributed by atoms with Crippen LogP contribution in [0.4, 0.5) is 5.69 Å². The molecule has 0 radical (unpaired) electrons. The van der Waals surface area contributed by atoms with Crippen LogP contribution in [0.25, 0.3) is 5.69 Å². The van der Waals surface area contributed by atoms with E-state index in [2.05, 4.69) is 4.84 Å². The van der Waals surface area contributed by atoms with Crippen LogP contribution >= 0.6 is 0 Å². The molecule has 98 valence electrons. The van der Waals surface area contributed by atoms with Gasteiger partial charge in [0, 0.05) is 24.0 Å². The highest BCUT2D eigenvalue weighted by molar-refractivity contribution is 5.88. The summed E-state index contributed by atoms with van der Waals surface area (Å²) in [5, 5.41) is 0. The van der Waals surface area contributed by atoms with Crippen LogP contribution in [0.3, 0.4) is 0 Å². The molecule has 0 saturated carbocycles. The Morgan fingerprint density at radius 1 is 1.16 bits per heavy atom. The first kappa shape index (κ1) is 12.8. The fraction of sp³-hybridized carbons (Fsp3) is 0.154. The van der Waals surface area contributed by atoms with Gasteiger partial charge in [0.05, 0.1) is 12.0 Å². The van der Waals surface area contributed by atoms with Crippen LogP contribution in [-0.4, -0.2) is 29.7 Å². The van der Waals surface area contributed by atoms with Crippen molar-refractivity contribution in [3.63, 3.8) is 0 Å².